The number of imide groups is 1. The number of morpholine rings is 1. The predicted octanol–water partition coefficient (Wildman–Crippen LogP) is 0.954. The topological polar surface area (TPSA) is 59.1 Å². The lowest BCUT2D eigenvalue weighted by Gasteiger charge is -2.31. The predicted molar refractivity (Wildman–Crippen MR) is 64.9 cm³/mol. The molecule has 0 saturated carbocycles. The second-order valence-corrected chi connectivity index (χ2v) is 4.39. The van der Waals surface area contributed by atoms with Crippen molar-refractivity contribution in [2.45, 2.75) is 6.10 Å². The van der Waals surface area contributed by atoms with Gasteiger partial charge in [-0.25, -0.2) is 9.80 Å². The van der Waals surface area contributed by atoms with E-state index in [-0.39, 0.29) is 5.91 Å². The van der Waals surface area contributed by atoms with E-state index < -0.39 is 12.2 Å². The van der Waals surface area contributed by atoms with E-state index in [4.69, 9.17) is 9.47 Å². The molecule has 0 spiro atoms. The Balaban J connectivity index is 1.81. The fourth-order valence-corrected chi connectivity index (χ4v) is 2.25. The first-order chi connectivity index (χ1) is 9.27. The number of hydrogen-bond donors (Lipinski definition) is 0. The van der Waals surface area contributed by atoms with Gasteiger partial charge in [-0.2, -0.15) is 5.01 Å². The summed E-state index contributed by atoms with van der Waals surface area (Å²) in [6.07, 6.45) is -1.45. The molecule has 0 aliphatic carbocycles. The number of carbonyl (C=O) groups is 2. The summed E-state index contributed by atoms with van der Waals surface area (Å²) in [7, 11) is 0. The van der Waals surface area contributed by atoms with Crippen molar-refractivity contribution in [3.05, 3.63) is 35.9 Å². The Labute approximate surface area is 110 Å². The minimum Gasteiger partial charge on any atom is -0.430 e. The summed E-state index contributed by atoms with van der Waals surface area (Å²) < 4.78 is 10.4. The lowest BCUT2D eigenvalue weighted by molar-refractivity contribution is -0.145. The zero-order chi connectivity index (χ0) is 13.2. The maximum atomic E-state index is 12.3. The molecule has 2 heterocycles. The standard InChI is InChI=1S/C13H14N2O4/c16-12-11(10-4-2-1-3-5-10)19-13(17)15(12)14-6-8-18-9-7-14/h1-5,11H,6-9H2. The molecular formula is C13H14N2O4. The van der Waals surface area contributed by atoms with Crippen LogP contribution in [0.5, 0.6) is 0 Å². The molecule has 2 aliphatic heterocycles. The van der Waals surface area contributed by atoms with Crippen molar-refractivity contribution in [3.8, 4) is 0 Å². The highest BCUT2D eigenvalue weighted by atomic mass is 16.6. The van der Waals surface area contributed by atoms with Gasteiger partial charge in [0.2, 0.25) is 6.10 Å². The number of hydrogen-bond acceptors (Lipinski definition) is 5. The van der Waals surface area contributed by atoms with E-state index in [0.29, 0.717) is 31.9 Å². The molecule has 6 nitrogen and oxygen atoms in total. The number of amides is 2. The van der Waals surface area contributed by atoms with Crippen molar-refractivity contribution in [2.75, 3.05) is 26.3 Å². The van der Waals surface area contributed by atoms with E-state index in [9.17, 15) is 9.59 Å². The highest BCUT2D eigenvalue weighted by molar-refractivity contribution is 6.00. The van der Waals surface area contributed by atoms with Gasteiger partial charge in [0.05, 0.1) is 13.2 Å². The molecule has 0 aromatic heterocycles. The van der Waals surface area contributed by atoms with E-state index in [1.165, 1.54) is 0 Å². The molecular weight excluding hydrogens is 248 g/mol. The van der Waals surface area contributed by atoms with Crippen LogP contribution in [-0.2, 0) is 14.3 Å². The smallest absolute Gasteiger partial charge is 0.430 e. The number of carbonyl (C=O) groups excluding carboxylic acids is 2. The van der Waals surface area contributed by atoms with Crippen molar-refractivity contribution in [1.29, 1.82) is 0 Å². The minimum atomic E-state index is -0.837. The Hall–Kier alpha value is -1.92. The normalized spacial score (nSPS) is 24.6. The lowest BCUT2D eigenvalue weighted by Crippen LogP contribution is -2.51. The maximum absolute atomic E-state index is 12.3. The van der Waals surface area contributed by atoms with Gasteiger partial charge in [-0.3, -0.25) is 4.79 Å². The SMILES string of the molecule is O=C1OC(c2ccccc2)C(=O)N1N1CCOCC1. The third kappa shape index (κ3) is 2.20. The molecule has 0 N–H and O–H groups in total. The van der Waals surface area contributed by atoms with Crippen LogP contribution in [0.1, 0.15) is 11.7 Å². The zero-order valence-corrected chi connectivity index (χ0v) is 10.3. The monoisotopic (exact) mass is 262 g/mol. The van der Waals surface area contributed by atoms with Crippen LogP contribution in [-0.4, -0.2) is 48.3 Å². The number of cyclic esters (lactones) is 1. The minimum absolute atomic E-state index is 0.335. The van der Waals surface area contributed by atoms with Gasteiger partial charge >= 0.3 is 6.09 Å². The third-order valence-electron chi connectivity index (χ3n) is 3.20. The zero-order valence-electron chi connectivity index (χ0n) is 10.3. The van der Waals surface area contributed by atoms with Crippen molar-refractivity contribution < 1.29 is 19.1 Å². The Morgan fingerprint density at radius 2 is 1.74 bits per heavy atom. The highest BCUT2D eigenvalue weighted by Crippen LogP contribution is 2.28. The van der Waals surface area contributed by atoms with Crippen molar-refractivity contribution in [2.24, 2.45) is 0 Å². The molecule has 2 aliphatic rings. The van der Waals surface area contributed by atoms with Gasteiger partial charge in [-0.15, -0.1) is 0 Å². The van der Waals surface area contributed by atoms with Gasteiger partial charge in [-0.05, 0) is 0 Å². The van der Waals surface area contributed by atoms with Crippen LogP contribution < -0.4 is 0 Å². The van der Waals surface area contributed by atoms with Gasteiger partial charge in [0.25, 0.3) is 5.91 Å². The van der Waals surface area contributed by atoms with Gasteiger partial charge in [0.1, 0.15) is 0 Å². The number of hydrazine groups is 1. The summed E-state index contributed by atoms with van der Waals surface area (Å²) in [6.45, 7) is 2.05. The fraction of sp³-hybridized carbons (Fsp3) is 0.385. The third-order valence-corrected chi connectivity index (χ3v) is 3.20. The summed E-state index contributed by atoms with van der Waals surface area (Å²) in [5.74, 6) is -0.335. The van der Waals surface area contributed by atoms with Crippen LogP contribution in [0.15, 0.2) is 30.3 Å². The van der Waals surface area contributed by atoms with E-state index >= 15 is 0 Å². The Bertz CT molecular complexity index is 485. The summed E-state index contributed by atoms with van der Waals surface area (Å²) in [5.41, 5.74) is 0.691. The molecule has 2 saturated heterocycles. The molecule has 1 atom stereocenters. The first-order valence-corrected chi connectivity index (χ1v) is 6.19. The average molecular weight is 262 g/mol. The summed E-state index contributed by atoms with van der Waals surface area (Å²) in [5, 5.41) is 2.78. The van der Waals surface area contributed by atoms with Gasteiger partial charge < -0.3 is 9.47 Å². The van der Waals surface area contributed by atoms with Gasteiger partial charge in [0.15, 0.2) is 0 Å². The Morgan fingerprint density at radius 3 is 2.42 bits per heavy atom. The molecule has 2 amide bonds. The fourth-order valence-electron chi connectivity index (χ4n) is 2.25. The van der Waals surface area contributed by atoms with Crippen LogP contribution in [0, 0.1) is 0 Å². The quantitative estimate of drug-likeness (QED) is 0.794. The number of rotatable bonds is 2. The maximum Gasteiger partial charge on any atom is 0.432 e. The first-order valence-electron chi connectivity index (χ1n) is 6.19. The van der Waals surface area contributed by atoms with E-state index in [1.54, 1.807) is 17.1 Å². The van der Waals surface area contributed by atoms with E-state index in [1.807, 2.05) is 18.2 Å². The molecule has 19 heavy (non-hydrogen) atoms. The van der Waals surface area contributed by atoms with Crippen molar-refractivity contribution >= 4 is 12.0 Å². The second-order valence-electron chi connectivity index (χ2n) is 4.39. The summed E-state index contributed by atoms with van der Waals surface area (Å²) in [6, 6.07) is 9.03. The van der Waals surface area contributed by atoms with E-state index in [2.05, 4.69) is 0 Å². The molecule has 3 rings (SSSR count). The Morgan fingerprint density at radius 1 is 1.05 bits per heavy atom. The molecule has 1 aromatic rings. The first kappa shape index (κ1) is 12.1. The summed E-state index contributed by atoms with van der Waals surface area (Å²) >= 11 is 0. The largest absolute Gasteiger partial charge is 0.432 e. The van der Waals surface area contributed by atoms with Crippen LogP contribution >= 0.6 is 0 Å². The molecule has 1 aromatic carbocycles. The van der Waals surface area contributed by atoms with Gasteiger partial charge in [0, 0.05) is 18.7 Å². The average Bonchev–Trinajstić information content (AvgIpc) is 2.76. The van der Waals surface area contributed by atoms with Crippen molar-refractivity contribution in [3.63, 3.8) is 0 Å². The van der Waals surface area contributed by atoms with Crippen molar-refractivity contribution in [1.82, 2.24) is 10.0 Å². The molecule has 0 bridgehead atoms. The van der Waals surface area contributed by atoms with Gasteiger partial charge in [-0.1, -0.05) is 30.3 Å². The number of nitrogens with zero attached hydrogens (tertiary/aromatic N) is 2. The van der Waals surface area contributed by atoms with Crippen LogP contribution in [0.3, 0.4) is 0 Å². The van der Waals surface area contributed by atoms with E-state index in [0.717, 1.165) is 5.01 Å². The van der Waals surface area contributed by atoms with Crippen LogP contribution in [0.25, 0.3) is 0 Å². The number of ether oxygens (including phenoxy) is 2. The lowest BCUT2D eigenvalue weighted by atomic mass is 10.1. The molecule has 6 heteroatoms. The van der Waals surface area contributed by atoms with Crippen LogP contribution in [0.2, 0.25) is 0 Å². The number of benzene rings is 1. The van der Waals surface area contributed by atoms with Crippen LogP contribution in [0.4, 0.5) is 4.79 Å². The molecule has 100 valence electrons. The molecule has 2 fully saturated rings. The second kappa shape index (κ2) is 4.99. The highest BCUT2D eigenvalue weighted by Gasteiger charge is 2.45. The summed E-state index contributed by atoms with van der Waals surface area (Å²) in [4.78, 5) is 24.2. The Kier molecular flexibility index (Phi) is 3.18. The molecule has 0 radical (unpaired) electrons. The molecule has 1 unspecified atom stereocenters.